The van der Waals surface area contributed by atoms with E-state index in [1.54, 1.807) is 24.3 Å². The third-order valence-corrected chi connectivity index (χ3v) is 7.27. The van der Waals surface area contributed by atoms with E-state index < -0.39 is 5.91 Å². The molecule has 5 rings (SSSR count). The number of alkyl halides is 1. The van der Waals surface area contributed by atoms with E-state index in [-0.39, 0.29) is 22.3 Å². The first kappa shape index (κ1) is 19.3. The van der Waals surface area contributed by atoms with E-state index in [2.05, 4.69) is 26.8 Å². The summed E-state index contributed by atoms with van der Waals surface area (Å²) in [6, 6.07) is 8.53. The zero-order valence-electron chi connectivity index (χ0n) is 15.7. The number of carbonyl (C=O) groups excluding carboxylic acids is 2. The van der Waals surface area contributed by atoms with Gasteiger partial charge in [0.25, 0.3) is 5.91 Å². The van der Waals surface area contributed by atoms with Crippen molar-refractivity contribution in [2.45, 2.75) is 49.3 Å². The van der Waals surface area contributed by atoms with Crippen LogP contribution in [0.3, 0.4) is 0 Å². The van der Waals surface area contributed by atoms with E-state index in [1.165, 1.54) is 19.3 Å². The highest BCUT2D eigenvalue weighted by Gasteiger charge is 2.57. The minimum Gasteiger partial charge on any atom is -0.484 e. The second-order valence-corrected chi connectivity index (χ2v) is 10.5. The number of rotatable bonds is 5. The van der Waals surface area contributed by atoms with E-state index in [0.29, 0.717) is 17.7 Å². The van der Waals surface area contributed by atoms with Gasteiger partial charge in [0, 0.05) is 10.7 Å². The summed E-state index contributed by atoms with van der Waals surface area (Å²) in [6.07, 6.45) is 7.53. The highest BCUT2D eigenvalue weighted by molar-refractivity contribution is 9.10. The number of amides is 2. The summed E-state index contributed by atoms with van der Waals surface area (Å²) >= 11 is 3.96. The number of hydrogen-bond donors (Lipinski definition) is 2. The maximum atomic E-state index is 12.5. The molecule has 0 saturated heterocycles. The molecule has 0 aliphatic heterocycles. The van der Waals surface area contributed by atoms with Gasteiger partial charge in [0.2, 0.25) is 5.91 Å². The van der Waals surface area contributed by atoms with Crippen molar-refractivity contribution in [1.29, 1.82) is 5.26 Å². The number of benzene rings is 1. The lowest BCUT2D eigenvalue weighted by Gasteiger charge is -2.60. The second-order valence-electron chi connectivity index (χ2n) is 8.81. The maximum absolute atomic E-state index is 12.5. The summed E-state index contributed by atoms with van der Waals surface area (Å²) in [7, 11) is 0. The predicted molar refractivity (Wildman–Crippen MR) is 106 cm³/mol. The summed E-state index contributed by atoms with van der Waals surface area (Å²) in [5, 5.41) is 8.77. The van der Waals surface area contributed by atoms with E-state index >= 15 is 0 Å². The molecule has 1 aromatic rings. The largest absolute Gasteiger partial charge is 0.484 e. The Bertz CT molecular complexity index is 803. The second kappa shape index (κ2) is 7.40. The molecule has 2 unspecified atom stereocenters. The number of carbonyl (C=O) groups is 2. The fraction of sp³-hybridized carbons (Fsp3) is 0.571. The molecule has 28 heavy (non-hydrogen) atoms. The molecular formula is C21H24BrN3O3. The van der Waals surface area contributed by atoms with Gasteiger partial charge in [0.15, 0.2) is 6.61 Å². The summed E-state index contributed by atoms with van der Waals surface area (Å²) in [6.45, 7) is -0.202. The molecule has 0 radical (unpaired) electrons. The summed E-state index contributed by atoms with van der Waals surface area (Å²) < 4.78 is 5.59. The molecule has 2 atom stereocenters. The molecule has 0 aromatic heterocycles. The van der Waals surface area contributed by atoms with Crippen LogP contribution in [-0.4, -0.2) is 22.7 Å². The highest BCUT2D eigenvalue weighted by atomic mass is 79.9. The van der Waals surface area contributed by atoms with Gasteiger partial charge in [-0.1, -0.05) is 15.9 Å². The van der Waals surface area contributed by atoms with Gasteiger partial charge in [-0.25, -0.2) is 0 Å². The molecule has 7 heteroatoms. The Kier molecular flexibility index (Phi) is 5.09. The van der Waals surface area contributed by atoms with Gasteiger partial charge in [0.05, 0.1) is 11.6 Å². The molecule has 4 saturated carbocycles. The van der Waals surface area contributed by atoms with Crippen LogP contribution in [0.4, 0.5) is 0 Å². The first-order chi connectivity index (χ1) is 13.4. The third-order valence-electron chi connectivity index (χ3n) is 6.34. The summed E-state index contributed by atoms with van der Waals surface area (Å²) in [5.74, 6) is 1.40. The van der Waals surface area contributed by atoms with Gasteiger partial charge in [-0.2, -0.15) is 5.26 Å². The first-order valence-corrected chi connectivity index (χ1v) is 10.6. The summed E-state index contributed by atoms with van der Waals surface area (Å²) in [4.78, 5) is 24.4. The minimum atomic E-state index is -0.416. The van der Waals surface area contributed by atoms with Crippen molar-refractivity contribution in [2.75, 3.05) is 6.61 Å². The monoisotopic (exact) mass is 445 g/mol. The minimum absolute atomic E-state index is 0.0708. The highest BCUT2D eigenvalue weighted by Crippen LogP contribution is 2.65. The van der Waals surface area contributed by atoms with Crippen LogP contribution in [0.15, 0.2) is 24.3 Å². The number of nitriles is 1. The SMILES string of the molecule is N#Cc1ccc(OCC(=O)NNC(=O)CC23CC4CC(CC(Br)(C4)C2)C3)cc1. The van der Waals surface area contributed by atoms with Crippen molar-refractivity contribution in [3.05, 3.63) is 29.8 Å². The number of halogens is 1. The van der Waals surface area contributed by atoms with Crippen molar-refractivity contribution in [1.82, 2.24) is 10.9 Å². The molecule has 4 aliphatic rings. The van der Waals surface area contributed by atoms with E-state index in [9.17, 15) is 9.59 Å². The van der Waals surface area contributed by atoms with E-state index in [4.69, 9.17) is 10.00 Å². The number of hydrogen-bond acceptors (Lipinski definition) is 4. The van der Waals surface area contributed by atoms with Crippen molar-refractivity contribution in [3.63, 3.8) is 0 Å². The lowest BCUT2D eigenvalue weighted by atomic mass is 9.48. The normalized spacial score (nSPS) is 32.4. The van der Waals surface area contributed by atoms with E-state index in [0.717, 1.165) is 31.1 Å². The molecule has 0 heterocycles. The van der Waals surface area contributed by atoms with Gasteiger partial charge >= 0.3 is 0 Å². The van der Waals surface area contributed by atoms with Crippen LogP contribution in [0.1, 0.15) is 50.5 Å². The Morgan fingerprint density at radius 3 is 2.36 bits per heavy atom. The van der Waals surface area contributed by atoms with Gasteiger partial charge < -0.3 is 4.74 Å². The van der Waals surface area contributed by atoms with Crippen molar-refractivity contribution in [3.8, 4) is 11.8 Å². The van der Waals surface area contributed by atoms with Crippen molar-refractivity contribution >= 4 is 27.7 Å². The van der Waals surface area contributed by atoms with E-state index in [1.807, 2.05) is 6.07 Å². The number of ether oxygens (including phenoxy) is 1. The molecular weight excluding hydrogens is 422 g/mol. The average molecular weight is 446 g/mol. The Hall–Kier alpha value is -2.07. The Labute approximate surface area is 173 Å². The van der Waals surface area contributed by atoms with Crippen LogP contribution in [0, 0.1) is 28.6 Å². The molecule has 4 bridgehead atoms. The van der Waals surface area contributed by atoms with Crippen LogP contribution < -0.4 is 15.6 Å². The van der Waals surface area contributed by atoms with Crippen LogP contribution >= 0.6 is 15.9 Å². The topological polar surface area (TPSA) is 91.2 Å². The van der Waals surface area contributed by atoms with Gasteiger partial charge in [0.1, 0.15) is 5.75 Å². The Morgan fingerprint density at radius 2 is 1.75 bits per heavy atom. The molecule has 0 spiro atoms. The number of hydrazine groups is 1. The molecule has 4 fully saturated rings. The predicted octanol–water partition coefficient (Wildman–Crippen LogP) is 3.21. The fourth-order valence-corrected chi connectivity index (χ4v) is 7.39. The van der Waals surface area contributed by atoms with Crippen LogP contribution in [0.5, 0.6) is 5.75 Å². The zero-order valence-corrected chi connectivity index (χ0v) is 17.3. The standard InChI is InChI=1S/C21H24BrN3O3/c22-21-8-15-5-16(9-21)7-20(6-15,13-21)10-18(26)24-25-19(27)12-28-17-3-1-14(11-23)2-4-17/h1-4,15-16H,5-10,12-13H2,(H,24,26)(H,25,27). The van der Waals surface area contributed by atoms with Crippen LogP contribution in [0.25, 0.3) is 0 Å². The summed E-state index contributed by atoms with van der Waals surface area (Å²) in [5.41, 5.74) is 5.59. The quantitative estimate of drug-likeness (QED) is 0.537. The van der Waals surface area contributed by atoms with Crippen LogP contribution in [-0.2, 0) is 9.59 Å². The van der Waals surface area contributed by atoms with Crippen LogP contribution in [0.2, 0.25) is 0 Å². The lowest BCUT2D eigenvalue weighted by Crippen LogP contribution is -2.55. The third kappa shape index (κ3) is 4.17. The lowest BCUT2D eigenvalue weighted by molar-refractivity contribution is -0.134. The number of nitrogens with one attached hydrogen (secondary N) is 2. The van der Waals surface area contributed by atoms with Crippen molar-refractivity contribution in [2.24, 2.45) is 17.3 Å². The Morgan fingerprint density at radius 1 is 1.11 bits per heavy atom. The van der Waals surface area contributed by atoms with Gasteiger partial charge in [-0.15, -0.1) is 0 Å². The number of nitrogens with zero attached hydrogens (tertiary/aromatic N) is 1. The maximum Gasteiger partial charge on any atom is 0.276 e. The average Bonchev–Trinajstić information content (AvgIpc) is 2.62. The molecule has 4 aliphatic carbocycles. The smallest absolute Gasteiger partial charge is 0.276 e. The molecule has 1 aromatic carbocycles. The molecule has 2 N–H and O–H groups in total. The molecule has 2 amide bonds. The molecule has 6 nitrogen and oxygen atoms in total. The van der Waals surface area contributed by atoms with Gasteiger partial charge in [-0.05, 0) is 80.0 Å². The first-order valence-electron chi connectivity index (χ1n) is 9.77. The molecule has 148 valence electrons. The zero-order chi connectivity index (χ0) is 19.8. The van der Waals surface area contributed by atoms with Gasteiger partial charge in [-0.3, -0.25) is 20.4 Å². The fourth-order valence-electron chi connectivity index (χ4n) is 5.88. The Balaban J connectivity index is 1.23. The van der Waals surface area contributed by atoms with Crippen molar-refractivity contribution < 1.29 is 14.3 Å².